The Balaban J connectivity index is 1.39. The summed E-state index contributed by atoms with van der Waals surface area (Å²) in [6.07, 6.45) is 3.45. The molecule has 1 N–H and O–H groups in total. The molecule has 4 rings (SSSR count). The summed E-state index contributed by atoms with van der Waals surface area (Å²) in [5.41, 5.74) is 3.57. The van der Waals surface area contributed by atoms with Crippen molar-refractivity contribution in [1.82, 2.24) is 19.9 Å². The summed E-state index contributed by atoms with van der Waals surface area (Å²) in [4.78, 5) is 21.4. The molecule has 0 aliphatic rings. The van der Waals surface area contributed by atoms with Crippen molar-refractivity contribution in [2.24, 2.45) is 0 Å². The second-order valence-corrected chi connectivity index (χ2v) is 7.78. The number of halogens is 2. The number of imidazole rings is 1. The van der Waals surface area contributed by atoms with E-state index in [4.69, 9.17) is 16.6 Å². The van der Waals surface area contributed by atoms with Crippen LogP contribution in [0.25, 0.3) is 11.2 Å². The number of carbonyl (C=O) groups is 1. The van der Waals surface area contributed by atoms with E-state index in [1.165, 1.54) is 12.1 Å². The first kappa shape index (κ1) is 21.0. The fourth-order valence-electron chi connectivity index (χ4n) is 3.43. The Labute approximate surface area is 184 Å². The molecular formula is C24H22ClFN4O. The van der Waals surface area contributed by atoms with Gasteiger partial charge in [-0.3, -0.25) is 4.79 Å². The number of hydrogen-bond acceptors (Lipinski definition) is 3. The van der Waals surface area contributed by atoms with Crippen LogP contribution < -0.4 is 5.32 Å². The average Bonchev–Trinajstić information content (AvgIpc) is 3.12. The molecule has 158 valence electrons. The minimum Gasteiger partial charge on any atom is -0.352 e. The number of benzene rings is 2. The molecule has 2 aromatic carbocycles. The van der Waals surface area contributed by atoms with Gasteiger partial charge in [0, 0.05) is 30.6 Å². The molecule has 5 nitrogen and oxygen atoms in total. The number of nitrogens with zero attached hydrogens (tertiary/aromatic N) is 3. The van der Waals surface area contributed by atoms with E-state index in [0.29, 0.717) is 37.4 Å². The Morgan fingerprint density at radius 1 is 1.03 bits per heavy atom. The molecule has 2 aromatic heterocycles. The zero-order valence-corrected chi connectivity index (χ0v) is 17.6. The first-order valence-electron chi connectivity index (χ1n) is 10.1. The van der Waals surface area contributed by atoms with Crippen LogP contribution in [0.1, 0.15) is 29.8 Å². The van der Waals surface area contributed by atoms with Gasteiger partial charge >= 0.3 is 0 Å². The third-order valence-corrected chi connectivity index (χ3v) is 5.30. The van der Waals surface area contributed by atoms with Crippen molar-refractivity contribution >= 4 is 28.7 Å². The Morgan fingerprint density at radius 3 is 2.55 bits per heavy atom. The number of amides is 1. The van der Waals surface area contributed by atoms with Gasteiger partial charge in [0.2, 0.25) is 5.91 Å². The minimum absolute atomic E-state index is 0.00530. The summed E-state index contributed by atoms with van der Waals surface area (Å²) in [6.45, 7) is 1.02. The fraction of sp³-hybridized carbons (Fsp3) is 0.208. The van der Waals surface area contributed by atoms with E-state index in [0.717, 1.165) is 28.1 Å². The summed E-state index contributed by atoms with van der Waals surface area (Å²) in [5.74, 6) is 0.597. The van der Waals surface area contributed by atoms with Crippen LogP contribution >= 0.6 is 11.6 Å². The van der Waals surface area contributed by atoms with Crippen molar-refractivity contribution < 1.29 is 9.18 Å². The lowest BCUT2D eigenvalue weighted by Gasteiger charge is -2.09. The molecule has 0 aliphatic heterocycles. The van der Waals surface area contributed by atoms with E-state index >= 15 is 0 Å². The molecule has 0 atom stereocenters. The van der Waals surface area contributed by atoms with Gasteiger partial charge in [-0.15, -0.1) is 0 Å². The van der Waals surface area contributed by atoms with Gasteiger partial charge in [0.1, 0.15) is 17.2 Å². The van der Waals surface area contributed by atoms with Crippen LogP contribution in [-0.4, -0.2) is 20.4 Å². The van der Waals surface area contributed by atoms with E-state index in [1.807, 2.05) is 41.0 Å². The molecular weight excluding hydrogens is 415 g/mol. The van der Waals surface area contributed by atoms with Gasteiger partial charge in [0.25, 0.3) is 0 Å². The highest BCUT2D eigenvalue weighted by Gasteiger charge is 2.13. The molecule has 2 heterocycles. The highest BCUT2D eigenvalue weighted by molar-refractivity contribution is 6.30. The molecule has 0 fully saturated rings. The molecule has 0 saturated carbocycles. The standard InChI is InChI=1S/C24H22ClFN4O/c25-19-10-6-17(7-11-19)15-28-23(31)5-1-4-22-29-21-3-2-14-27-24(21)30(22)16-18-8-12-20(26)13-9-18/h2-3,6-14H,1,4-5,15-16H2,(H,28,31). The maximum atomic E-state index is 13.3. The molecule has 0 bridgehead atoms. The van der Waals surface area contributed by atoms with E-state index in [2.05, 4.69) is 10.3 Å². The second kappa shape index (κ2) is 9.71. The topological polar surface area (TPSA) is 59.8 Å². The van der Waals surface area contributed by atoms with Gasteiger partial charge in [-0.05, 0) is 53.9 Å². The zero-order valence-electron chi connectivity index (χ0n) is 16.9. The normalized spacial score (nSPS) is 11.0. The van der Waals surface area contributed by atoms with Gasteiger partial charge in [-0.1, -0.05) is 35.9 Å². The quantitative estimate of drug-likeness (QED) is 0.427. The molecule has 1 amide bonds. The lowest BCUT2D eigenvalue weighted by atomic mass is 10.2. The zero-order chi connectivity index (χ0) is 21.6. The van der Waals surface area contributed by atoms with E-state index in [-0.39, 0.29) is 11.7 Å². The molecule has 0 aliphatic carbocycles. The number of aromatic nitrogens is 3. The largest absolute Gasteiger partial charge is 0.352 e. The van der Waals surface area contributed by atoms with E-state index < -0.39 is 0 Å². The Kier molecular flexibility index (Phi) is 6.57. The first-order chi connectivity index (χ1) is 15.1. The first-order valence-corrected chi connectivity index (χ1v) is 10.5. The van der Waals surface area contributed by atoms with E-state index in [1.54, 1.807) is 18.3 Å². The highest BCUT2D eigenvalue weighted by Crippen LogP contribution is 2.18. The van der Waals surface area contributed by atoms with Crippen molar-refractivity contribution in [2.45, 2.75) is 32.4 Å². The van der Waals surface area contributed by atoms with Crippen LogP contribution in [-0.2, 0) is 24.3 Å². The molecule has 0 spiro atoms. The van der Waals surface area contributed by atoms with Gasteiger partial charge in [-0.2, -0.15) is 0 Å². The predicted molar refractivity (Wildman–Crippen MR) is 119 cm³/mol. The summed E-state index contributed by atoms with van der Waals surface area (Å²) in [7, 11) is 0. The third kappa shape index (κ3) is 5.47. The average molecular weight is 437 g/mol. The molecule has 0 unspecified atom stereocenters. The summed E-state index contributed by atoms with van der Waals surface area (Å²) < 4.78 is 15.3. The van der Waals surface area contributed by atoms with Crippen molar-refractivity contribution in [3.8, 4) is 0 Å². The molecule has 7 heteroatoms. The van der Waals surface area contributed by atoms with Crippen molar-refractivity contribution in [1.29, 1.82) is 0 Å². The summed E-state index contributed by atoms with van der Waals surface area (Å²) in [5, 5.41) is 3.61. The van der Waals surface area contributed by atoms with Crippen LogP contribution in [0.15, 0.2) is 66.9 Å². The van der Waals surface area contributed by atoms with Gasteiger partial charge in [0.15, 0.2) is 5.65 Å². The van der Waals surface area contributed by atoms with Crippen molar-refractivity contribution in [2.75, 3.05) is 0 Å². The maximum Gasteiger partial charge on any atom is 0.220 e. The number of nitrogens with one attached hydrogen (secondary N) is 1. The second-order valence-electron chi connectivity index (χ2n) is 7.34. The number of pyridine rings is 1. The molecule has 4 aromatic rings. The van der Waals surface area contributed by atoms with Crippen LogP contribution in [0.5, 0.6) is 0 Å². The van der Waals surface area contributed by atoms with Gasteiger partial charge in [-0.25, -0.2) is 14.4 Å². The Morgan fingerprint density at radius 2 is 1.77 bits per heavy atom. The summed E-state index contributed by atoms with van der Waals surface area (Å²) in [6, 6.07) is 17.6. The third-order valence-electron chi connectivity index (χ3n) is 5.04. The number of carbonyl (C=O) groups excluding carboxylic acids is 1. The SMILES string of the molecule is O=C(CCCc1nc2cccnc2n1Cc1ccc(F)cc1)NCc1ccc(Cl)cc1. The Hall–Kier alpha value is -3.25. The highest BCUT2D eigenvalue weighted by atomic mass is 35.5. The molecule has 0 saturated heterocycles. The smallest absolute Gasteiger partial charge is 0.220 e. The van der Waals surface area contributed by atoms with Crippen LogP contribution in [0.2, 0.25) is 5.02 Å². The van der Waals surface area contributed by atoms with Crippen LogP contribution in [0.3, 0.4) is 0 Å². The molecule has 0 radical (unpaired) electrons. The maximum absolute atomic E-state index is 13.3. The monoisotopic (exact) mass is 436 g/mol. The number of hydrogen-bond donors (Lipinski definition) is 1. The van der Waals surface area contributed by atoms with Crippen LogP contribution in [0, 0.1) is 5.82 Å². The van der Waals surface area contributed by atoms with Crippen molar-refractivity contribution in [3.63, 3.8) is 0 Å². The molecule has 31 heavy (non-hydrogen) atoms. The van der Waals surface area contributed by atoms with Crippen LogP contribution in [0.4, 0.5) is 4.39 Å². The number of aryl methyl sites for hydroxylation is 1. The number of rotatable bonds is 8. The van der Waals surface area contributed by atoms with Gasteiger partial charge < -0.3 is 9.88 Å². The number of fused-ring (bicyclic) bond motifs is 1. The predicted octanol–water partition coefficient (Wildman–Crippen LogP) is 4.91. The lowest BCUT2D eigenvalue weighted by Crippen LogP contribution is -2.22. The Bertz CT molecular complexity index is 1170. The van der Waals surface area contributed by atoms with Gasteiger partial charge in [0.05, 0.1) is 6.54 Å². The van der Waals surface area contributed by atoms with Crippen molar-refractivity contribution in [3.05, 3.63) is 94.7 Å². The fourth-order valence-corrected chi connectivity index (χ4v) is 3.56. The lowest BCUT2D eigenvalue weighted by molar-refractivity contribution is -0.121. The summed E-state index contributed by atoms with van der Waals surface area (Å²) >= 11 is 5.88. The van der Waals surface area contributed by atoms with E-state index in [9.17, 15) is 9.18 Å². The minimum atomic E-state index is -0.262.